The molecule has 0 aromatic heterocycles. The second kappa shape index (κ2) is 6.17. The Labute approximate surface area is 113 Å². The summed E-state index contributed by atoms with van der Waals surface area (Å²) < 4.78 is 63.7. The number of ether oxygens (including phenoxy) is 1. The molecule has 10 heteroatoms. The predicted octanol–water partition coefficient (Wildman–Crippen LogP) is 2.26. The Hall–Kier alpha value is -0.700. The molecule has 0 rings (SSSR count). The molecule has 0 aliphatic heterocycles. The van der Waals surface area contributed by atoms with E-state index in [0.717, 1.165) is 0 Å². The van der Waals surface area contributed by atoms with Crippen LogP contribution in [0.4, 0.5) is 18.0 Å². The van der Waals surface area contributed by atoms with E-state index in [1.54, 1.807) is 0 Å². The highest BCUT2D eigenvalue weighted by Gasteiger charge is 2.42. The van der Waals surface area contributed by atoms with Crippen molar-refractivity contribution in [3.05, 3.63) is 0 Å². The van der Waals surface area contributed by atoms with E-state index < -0.39 is 45.1 Å². The van der Waals surface area contributed by atoms with Crippen molar-refractivity contribution in [1.29, 1.82) is 0 Å². The molecule has 0 radical (unpaired) electrons. The highest BCUT2D eigenvalue weighted by molar-refractivity contribution is 8.13. The number of halogens is 4. The third-order valence-electron chi connectivity index (χ3n) is 1.75. The summed E-state index contributed by atoms with van der Waals surface area (Å²) in [6.07, 6.45) is -5.86. The van der Waals surface area contributed by atoms with Gasteiger partial charge in [0, 0.05) is 17.2 Å². The van der Waals surface area contributed by atoms with Crippen molar-refractivity contribution in [3.63, 3.8) is 0 Å². The van der Waals surface area contributed by atoms with E-state index in [1.807, 2.05) is 5.32 Å². The molecule has 0 heterocycles. The lowest BCUT2D eigenvalue weighted by Crippen LogP contribution is -2.41. The molecule has 0 aromatic rings. The summed E-state index contributed by atoms with van der Waals surface area (Å²) in [5.41, 5.74) is -0.865. The van der Waals surface area contributed by atoms with Crippen molar-refractivity contribution in [2.75, 3.05) is 12.3 Å². The van der Waals surface area contributed by atoms with Gasteiger partial charge in [-0.05, 0) is 20.8 Å². The van der Waals surface area contributed by atoms with E-state index in [4.69, 9.17) is 15.4 Å². The fourth-order valence-electron chi connectivity index (χ4n) is 1.03. The number of hydrogen-bond donors (Lipinski definition) is 1. The molecule has 1 amide bonds. The minimum Gasteiger partial charge on any atom is -0.444 e. The first kappa shape index (κ1) is 18.3. The molecule has 1 N–H and O–H groups in total. The zero-order chi connectivity index (χ0) is 15.5. The van der Waals surface area contributed by atoms with Gasteiger partial charge in [-0.25, -0.2) is 13.2 Å². The van der Waals surface area contributed by atoms with Crippen LogP contribution in [0.3, 0.4) is 0 Å². The smallest absolute Gasteiger partial charge is 0.407 e. The maximum atomic E-state index is 12.5. The molecule has 114 valence electrons. The van der Waals surface area contributed by atoms with Gasteiger partial charge in [0.1, 0.15) is 5.60 Å². The monoisotopic (exact) mass is 325 g/mol. The third kappa shape index (κ3) is 9.83. The highest BCUT2D eigenvalue weighted by Crippen LogP contribution is 2.27. The molecular weight excluding hydrogens is 311 g/mol. The Morgan fingerprint density at radius 1 is 1.32 bits per heavy atom. The summed E-state index contributed by atoms with van der Waals surface area (Å²) in [6.45, 7) is 3.69. The second-order valence-electron chi connectivity index (χ2n) is 4.83. The SMILES string of the molecule is CC(C)(C)OC(=O)NCC(CS(=O)(=O)Cl)C(F)(F)F. The lowest BCUT2D eigenvalue weighted by Gasteiger charge is -2.22. The van der Waals surface area contributed by atoms with Crippen molar-refractivity contribution in [1.82, 2.24) is 5.32 Å². The Balaban J connectivity index is 4.57. The Morgan fingerprint density at radius 2 is 1.79 bits per heavy atom. The van der Waals surface area contributed by atoms with Crippen LogP contribution in [-0.2, 0) is 13.8 Å². The molecule has 0 aliphatic carbocycles. The molecule has 0 aliphatic rings. The quantitative estimate of drug-likeness (QED) is 0.805. The van der Waals surface area contributed by atoms with Gasteiger partial charge >= 0.3 is 12.3 Å². The van der Waals surface area contributed by atoms with Gasteiger partial charge < -0.3 is 10.1 Å². The van der Waals surface area contributed by atoms with E-state index in [0.29, 0.717) is 0 Å². The maximum absolute atomic E-state index is 12.5. The molecule has 0 fully saturated rings. The summed E-state index contributed by atoms with van der Waals surface area (Å²) in [7, 11) is 0.455. The van der Waals surface area contributed by atoms with Crippen LogP contribution in [-0.4, -0.2) is 38.6 Å². The molecule has 0 aromatic carbocycles. The Morgan fingerprint density at radius 3 is 2.11 bits per heavy atom. The normalized spacial score (nSPS) is 14.9. The average Bonchev–Trinajstić information content (AvgIpc) is 2.05. The minimum atomic E-state index is -4.79. The number of alkyl halides is 3. The van der Waals surface area contributed by atoms with E-state index in [2.05, 4.69) is 0 Å². The topological polar surface area (TPSA) is 72.5 Å². The molecule has 19 heavy (non-hydrogen) atoms. The van der Waals surface area contributed by atoms with Gasteiger partial charge in [-0.15, -0.1) is 0 Å². The first-order valence-electron chi connectivity index (χ1n) is 5.16. The second-order valence-corrected chi connectivity index (χ2v) is 7.65. The van der Waals surface area contributed by atoms with Gasteiger partial charge in [0.2, 0.25) is 9.05 Å². The molecule has 1 atom stereocenters. The van der Waals surface area contributed by atoms with Crippen LogP contribution in [0.5, 0.6) is 0 Å². The van der Waals surface area contributed by atoms with Crippen LogP contribution in [0, 0.1) is 5.92 Å². The molecule has 5 nitrogen and oxygen atoms in total. The van der Waals surface area contributed by atoms with Crippen molar-refractivity contribution in [3.8, 4) is 0 Å². The van der Waals surface area contributed by atoms with Crippen molar-refractivity contribution < 1.29 is 31.1 Å². The lowest BCUT2D eigenvalue weighted by molar-refractivity contribution is -0.166. The number of amides is 1. The number of nitrogens with one attached hydrogen (secondary N) is 1. The Bertz CT molecular complexity index is 416. The highest BCUT2D eigenvalue weighted by atomic mass is 35.7. The van der Waals surface area contributed by atoms with E-state index in [1.165, 1.54) is 20.8 Å². The standard InChI is InChI=1S/C9H15ClF3NO4S/c1-8(2,3)18-7(15)14-4-6(9(11,12)13)5-19(10,16)17/h6H,4-5H2,1-3H3,(H,14,15). The van der Waals surface area contributed by atoms with Crippen molar-refractivity contribution >= 4 is 25.8 Å². The van der Waals surface area contributed by atoms with Crippen LogP contribution in [0.25, 0.3) is 0 Å². The molecule has 0 saturated heterocycles. The Kier molecular flexibility index (Phi) is 5.94. The zero-order valence-corrected chi connectivity index (χ0v) is 12.1. The molecular formula is C9H15ClF3NO4S. The predicted molar refractivity (Wildman–Crippen MR) is 63.4 cm³/mol. The van der Waals surface area contributed by atoms with E-state index in [9.17, 15) is 26.4 Å². The van der Waals surface area contributed by atoms with Crippen LogP contribution in [0.1, 0.15) is 20.8 Å². The average molecular weight is 326 g/mol. The number of carbonyl (C=O) groups excluding carboxylic acids is 1. The zero-order valence-electron chi connectivity index (χ0n) is 10.5. The van der Waals surface area contributed by atoms with Gasteiger partial charge in [0.15, 0.2) is 0 Å². The first-order chi connectivity index (χ1) is 8.21. The summed E-state index contributed by atoms with van der Waals surface area (Å²) in [4.78, 5) is 11.2. The van der Waals surface area contributed by atoms with Gasteiger partial charge in [-0.1, -0.05) is 0 Å². The minimum absolute atomic E-state index is 0.865. The first-order valence-corrected chi connectivity index (χ1v) is 7.64. The number of alkyl carbamates (subject to hydrolysis) is 1. The van der Waals surface area contributed by atoms with Gasteiger partial charge in [-0.3, -0.25) is 0 Å². The molecule has 1 unspecified atom stereocenters. The fraction of sp³-hybridized carbons (Fsp3) is 0.889. The molecule has 0 spiro atoms. The number of hydrogen-bond acceptors (Lipinski definition) is 4. The van der Waals surface area contributed by atoms with Gasteiger partial charge in [-0.2, -0.15) is 13.2 Å². The van der Waals surface area contributed by atoms with Gasteiger partial charge in [0.05, 0.1) is 11.7 Å². The van der Waals surface area contributed by atoms with Crippen LogP contribution in [0.15, 0.2) is 0 Å². The largest absolute Gasteiger partial charge is 0.444 e. The van der Waals surface area contributed by atoms with Crippen LogP contribution >= 0.6 is 10.7 Å². The van der Waals surface area contributed by atoms with Crippen LogP contribution in [0.2, 0.25) is 0 Å². The summed E-state index contributed by atoms with van der Waals surface area (Å²) in [6, 6.07) is 0. The lowest BCUT2D eigenvalue weighted by atomic mass is 10.2. The maximum Gasteiger partial charge on any atom is 0.407 e. The van der Waals surface area contributed by atoms with Crippen molar-refractivity contribution in [2.24, 2.45) is 5.92 Å². The number of carbonyl (C=O) groups is 1. The fourth-order valence-corrected chi connectivity index (χ4v) is 2.27. The van der Waals surface area contributed by atoms with Crippen LogP contribution < -0.4 is 5.32 Å². The molecule has 0 saturated carbocycles. The molecule has 0 bridgehead atoms. The van der Waals surface area contributed by atoms with E-state index >= 15 is 0 Å². The summed E-state index contributed by atoms with van der Waals surface area (Å²) >= 11 is 0. The summed E-state index contributed by atoms with van der Waals surface area (Å²) in [5.74, 6) is -3.60. The summed E-state index contributed by atoms with van der Waals surface area (Å²) in [5, 5.41) is 1.86. The van der Waals surface area contributed by atoms with Crippen molar-refractivity contribution in [2.45, 2.75) is 32.5 Å². The number of rotatable bonds is 4. The van der Waals surface area contributed by atoms with Gasteiger partial charge in [0.25, 0.3) is 0 Å². The van der Waals surface area contributed by atoms with E-state index in [-0.39, 0.29) is 0 Å². The third-order valence-corrected chi connectivity index (χ3v) is 2.93.